The van der Waals surface area contributed by atoms with E-state index in [4.69, 9.17) is 9.72 Å². The number of ether oxygens (including phenoxy) is 1. The Morgan fingerprint density at radius 2 is 1.83 bits per heavy atom. The molecule has 5 heteroatoms. The SMILES string of the molecule is COC(=O)Cc1c(C)nc(N2CCCCC2)nc1-c1ccccc1. The van der Waals surface area contributed by atoms with Crippen LogP contribution in [0.25, 0.3) is 11.3 Å². The van der Waals surface area contributed by atoms with Gasteiger partial charge in [-0.1, -0.05) is 30.3 Å². The number of aromatic nitrogens is 2. The molecule has 0 spiro atoms. The number of rotatable bonds is 4. The molecule has 1 saturated heterocycles. The standard InChI is InChI=1S/C19H23N3O2/c1-14-16(13-17(23)24-2)18(15-9-5-3-6-10-15)21-19(20-14)22-11-7-4-8-12-22/h3,5-6,9-10H,4,7-8,11-13H2,1-2H3. The van der Waals surface area contributed by atoms with Crippen LogP contribution in [0.15, 0.2) is 30.3 Å². The molecule has 2 heterocycles. The van der Waals surface area contributed by atoms with Gasteiger partial charge in [0, 0.05) is 29.9 Å². The van der Waals surface area contributed by atoms with Crippen molar-refractivity contribution in [2.24, 2.45) is 0 Å². The van der Waals surface area contributed by atoms with Crippen molar-refractivity contribution in [1.29, 1.82) is 0 Å². The van der Waals surface area contributed by atoms with E-state index in [1.54, 1.807) is 0 Å². The van der Waals surface area contributed by atoms with Crippen LogP contribution in [0.5, 0.6) is 0 Å². The average Bonchev–Trinajstić information content (AvgIpc) is 2.64. The highest BCUT2D eigenvalue weighted by Gasteiger charge is 2.20. The minimum absolute atomic E-state index is 0.187. The van der Waals surface area contributed by atoms with Gasteiger partial charge in [-0.3, -0.25) is 4.79 Å². The number of hydrogen-bond acceptors (Lipinski definition) is 5. The highest BCUT2D eigenvalue weighted by molar-refractivity contribution is 5.77. The molecule has 0 amide bonds. The van der Waals surface area contributed by atoms with Crippen molar-refractivity contribution in [3.05, 3.63) is 41.6 Å². The van der Waals surface area contributed by atoms with Gasteiger partial charge in [0.05, 0.1) is 19.2 Å². The van der Waals surface area contributed by atoms with Gasteiger partial charge >= 0.3 is 5.97 Å². The summed E-state index contributed by atoms with van der Waals surface area (Å²) in [6.07, 6.45) is 3.80. The lowest BCUT2D eigenvalue weighted by molar-refractivity contribution is -0.139. The van der Waals surface area contributed by atoms with Gasteiger partial charge in [0.1, 0.15) is 0 Å². The van der Waals surface area contributed by atoms with Gasteiger partial charge in [0.15, 0.2) is 0 Å². The van der Waals surface area contributed by atoms with Crippen molar-refractivity contribution < 1.29 is 9.53 Å². The molecule has 0 aliphatic carbocycles. The molecule has 5 nitrogen and oxygen atoms in total. The fourth-order valence-electron chi connectivity index (χ4n) is 3.08. The normalized spacial score (nSPS) is 14.5. The molecule has 1 aliphatic rings. The lowest BCUT2D eigenvalue weighted by Crippen LogP contribution is -2.31. The molecule has 1 aromatic carbocycles. The van der Waals surface area contributed by atoms with E-state index in [0.29, 0.717) is 0 Å². The number of hydrogen-bond donors (Lipinski definition) is 0. The summed E-state index contributed by atoms with van der Waals surface area (Å²) in [6, 6.07) is 9.97. The van der Waals surface area contributed by atoms with Crippen LogP contribution in [0.1, 0.15) is 30.5 Å². The van der Waals surface area contributed by atoms with Crippen molar-refractivity contribution in [2.45, 2.75) is 32.6 Å². The molecule has 1 fully saturated rings. The number of benzene rings is 1. The summed E-state index contributed by atoms with van der Waals surface area (Å²) in [5.74, 6) is 0.490. The molecule has 0 N–H and O–H groups in total. The Hall–Kier alpha value is -2.43. The Bertz CT molecular complexity index is 710. The molecule has 1 aliphatic heterocycles. The molecule has 0 unspecified atom stereocenters. The van der Waals surface area contributed by atoms with Crippen molar-refractivity contribution in [3.63, 3.8) is 0 Å². The predicted octanol–water partition coefficient (Wildman–Crippen LogP) is 3.16. The van der Waals surface area contributed by atoms with Crippen LogP contribution in [0.4, 0.5) is 5.95 Å². The van der Waals surface area contributed by atoms with Crippen molar-refractivity contribution in [3.8, 4) is 11.3 Å². The van der Waals surface area contributed by atoms with Gasteiger partial charge in [-0.15, -0.1) is 0 Å². The largest absolute Gasteiger partial charge is 0.469 e. The number of aryl methyl sites for hydroxylation is 1. The van der Waals surface area contributed by atoms with Crippen LogP contribution in [-0.4, -0.2) is 36.1 Å². The van der Waals surface area contributed by atoms with Crippen molar-refractivity contribution >= 4 is 11.9 Å². The van der Waals surface area contributed by atoms with E-state index in [1.165, 1.54) is 26.4 Å². The Balaban J connectivity index is 2.06. The zero-order valence-corrected chi connectivity index (χ0v) is 14.3. The van der Waals surface area contributed by atoms with Crippen LogP contribution in [-0.2, 0) is 16.0 Å². The minimum Gasteiger partial charge on any atom is -0.469 e. The van der Waals surface area contributed by atoms with Gasteiger partial charge in [-0.2, -0.15) is 0 Å². The topological polar surface area (TPSA) is 55.3 Å². The van der Waals surface area contributed by atoms with E-state index in [0.717, 1.165) is 41.6 Å². The van der Waals surface area contributed by atoms with E-state index in [-0.39, 0.29) is 12.4 Å². The number of nitrogens with zero attached hydrogens (tertiary/aromatic N) is 3. The van der Waals surface area contributed by atoms with Gasteiger partial charge in [-0.25, -0.2) is 9.97 Å². The Labute approximate surface area is 142 Å². The third-order valence-electron chi connectivity index (χ3n) is 4.44. The smallest absolute Gasteiger partial charge is 0.310 e. The van der Waals surface area contributed by atoms with E-state index < -0.39 is 0 Å². The second-order valence-electron chi connectivity index (χ2n) is 6.10. The van der Waals surface area contributed by atoms with E-state index in [1.807, 2.05) is 37.3 Å². The first kappa shape index (κ1) is 16.4. The van der Waals surface area contributed by atoms with Crippen LogP contribution < -0.4 is 4.90 Å². The van der Waals surface area contributed by atoms with Crippen LogP contribution in [0, 0.1) is 6.92 Å². The number of piperidine rings is 1. The van der Waals surface area contributed by atoms with Gasteiger partial charge < -0.3 is 9.64 Å². The summed E-state index contributed by atoms with van der Waals surface area (Å²) in [5, 5.41) is 0. The Morgan fingerprint density at radius 1 is 1.12 bits per heavy atom. The lowest BCUT2D eigenvalue weighted by Gasteiger charge is -2.27. The summed E-state index contributed by atoms with van der Waals surface area (Å²) in [7, 11) is 1.41. The molecule has 2 aromatic rings. The van der Waals surface area contributed by atoms with E-state index in [9.17, 15) is 4.79 Å². The van der Waals surface area contributed by atoms with E-state index in [2.05, 4.69) is 9.88 Å². The quantitative estimate of drug-likeness (QED) is 0.808. The fraction of sp³-hybridized carbons (Fsp3) is 0.421. The summed E-state index contributed by atoms with van der Waals surface area (Å²) >= 11 is 0. The minimum atomic E-state index is -0.274. The van der Waals surface area contributed by atoms with Crippen LogP contribution >= 0.6 is 0 Å². The molecule has 0 radical (unpaired) electrons. The van der Waals surface area contributed by atoms with Gasteiger partial charge in [0.25, 0.3) is 0 Å². The second kappa shape index (κ2) is 7.43. The zero-order valence-electron chi connectivity index (χ0n) is 14.3. The van der Waals surface area contributed by atoms with E-state index >= 15 is 0 Å². The summed E-state index contributed by atoms with van der Waals surface area (Å²) in [5.41, 5.74) is 3.51. The molecule has 0 saturated carbocycles. The molecular formula is C19H23N3O2. The first-order chi connectivity index (χ1) is 11.7. The summed E-state index contributed by atoms with van der Waals surface area (Å²) < 4.78 is 4.84. The van der Waals surface area contributed by atoms with Crippen LogP contribution in [0.3, 0.4) is 0 Å². The predicted molar refractivity (Wildman–Crippen MR) is 94.0 cm³/mol. The number of methoxy groups -OCH3 is 1. The monoisotopic (exact) mass is 325 g/mol. The number of anilines is 1. The van der Waals surface area contributed by atoms with Gasteiger partial charge in [0.2, 0.25) is 5.95 Å². The maximum absolute atomic E-state index is 11.8. The molecule has 1 aromatic heterocycles. The molecule has 24 heavy (non-hydrogen) atoms. The molecule has 0 atom stereocenters. The lowest BCUT2D eigenvalue weighted by atomic mass is 10.0. The average molecular weight is 325 g/mol. The first-order valence-corrected chi connectivity index (χ1v) is 8.43. The number of carbonyl (C=O) groups is 1. The Morgan fingerprint density at radius 3 is 2.50 bits per heavy atom. The highest BCUT2D eigenvalue weighted by Crippen LogP contribution is 2.27. The molecule has 0 bridgehead atoms. The third kappa shape index (κ3) is 3.55. The van der Waals surface area contributed by atoms with Gasteiger partial charge in [-0.05, 0) is 26.2 Å². The third-order valence-corrected chi connectivity index (χ3v) is 4.44. The second-order valence-corrected chi connectivity index (χ2v) is 6.10. The number of esters is 1. The molecule has 3 rings (SSSR count). The summed E-state index contributed by atoms with van der Waals surface area (Å²) in [4.78, 5) is 23.6. The number of carbonyl (C=O) groups excluding carboxylic acids is 1. The Kier molecular flexibility index (Phi) is 5.08. The maximum Gasteiger partial charge on any atom is 0.310 e. The zero-order chi connectivity index (χ0) is 16.9. The fourth-order valence-corrected chi connectivity index (χ4v) is 3.08. The summed E-state index contributed by atoms with van der Waals surface area (Å²) in [6.45, 7) is 3.92. The van der Waals surface area contributed by atoms with Crippen molar-refractivity contribution in [1.82, 2.24) is 9.97 Å². The molecule has 126 valence electrons. The van der Waals surface area contributed by atoms with Crippen molar-refractivity contribution in [2.75, 3.05) is 25.1 Å². The molecular weight excluding hydrogens is 302 g/mol. The highest BCUT2D eigenvalue weighted by atomic mass is 16.5. The first-order valence-electron chi connectivity index (χ1n) is 8.43. The maximum atomic E-state index is 11.8. The van der Waals surface area contributed by atoms with Crippen LogP contribution in [0.2, 0.25) is 0 Å².